The van der Waals surface area contributed by atoms with E-state index in [1.54, 1.807) is 18.2 Å². The van der Waals surface area contributed by atoms with E-state index in [9.17, 15) is 4.79 Å². The highest BCUT2D eigenvalue weighted by Crippen LogP contribution is 2.21. The maximum absolute atomic E-state index is 11.8. The summed E-state index contributed by atoms with van der Waals surface area (Å²) < 4.78 is 0. The van der Waals surface area contributed by atoms with E-state index in [4.69, 9.17) is 28.9 Å². The van der Waals surface area contributed by atoms with E-state index >= 15 is 0 Å². The van der Waals surface area contributed by atoms with Crippen molar-refractivity contribution in [3.63, 3.8) is 0 Å². The number of benzene rings is 1. The summed E-state index contributed by atoms with van der Waals surface area (Å²) in [6.07, 6.45) is 0.222. The second kappa shape index (κ2) is 7.19. The Morgan fingerprint density at radius 3 is 2.50 bits per heavy atom. The zero-order valence-electron chi connectivity index (χ0n) is 10.3. The molecular weight excluding hydrogens is 295 g/mol. The minimum absolute atomic E-state index is 0. The molecule has 0 aromatic heterocycles. The number of amides is 1. The molecule has 0 aliphatic rings. The van der Waals surface area contributed by atoms with E-state index < -0.39 is 5.54 Å². The molecule has 0 saturated heterocycles. The first-order valence-corrected chi connectivity index (χ1v) is 6.04. The maximum Gasteiger partial charge on any atom is 0.224 e. The Morgan fingerprint density at radius 2 is 2.00 bits per heavy atom. The van der Waals surface area contributed by atoms with Crippen molar-refractivity contribution in [2.75, 3.05) is 6.54 Å². The molecule has 0 saturated carbocycles. The summed E-state index contributed by atoms with van der Waals surface area (Å²) in [6.45, 7) is 4.12. The Bertz CT molecular complexity index is 422. The summed E-state index contributed by atoms with van der Waals surface area (Å²) in [4.78, 5) is 11.8. The van der Waals surface area contributed by atoms with Gasteiger partial charge in [0.05, 0.1) is 6.42 Å². The normalized spacial score (nSPS) is 10.7. The van der Waals surface area contributed by atoms with Crippen molar-refractivity contribution in [1.82, 2.24) is 5.32 Å². The minimum atomic E-state index is -0.407. The Morgan fingerprint density at radius 1 is 1.39 bits per heavy atom. The third-order valence-electron chi connectivity index (χ3n) is 2.35. The molecule has 3 nitrogen and oxygen atoms in total. The van der Waals surface area contributed by atoms with E-state index in [0.717, 1.165) is 5.56 Å². The van der Waals surface area contributed by atoms with Crippen LogP contribution in [0.1, 0.15) is 19.4 Å². The molecule has 0 heterocycles. The Kier molecular flexibility index (Phi) is 7.00. The first-order valence-electron chi connectivity index (χ1n) is 5.29. The van der Waals surface area contributed by atoms with E-state index in [1.165, 1.54) is 0 Å². The number of rotatable bonds is 4. The highest BCUT2D eigenvalue weighted by Gasteiger charge is 2.18. The summed E-state index contributed by atoms with van der Waals surface area (Å²) in [7, 11) is 0. The van der Waals surface area contributed by atoms with Gasteiger partial charge in [-0.3, -0.25) is 4.79 Å². The summed E-state index contributed by atoms with van der Waals surface area (Å²) in [5.41, 5.74) is 5.88. The number of carbonyl (C=O) groups excluding carboxylic acids is 1. The van der Waals surface area contributed by atoms with Gasteiger partial charge in [0.25, 0.3) is 0 Å². The van der Waals surface area contributed by atoms with Gasteiger partial charge in [0.15, 0.2) is 0 Å². The molecule has 0 aliphatic carbocycles. The fourth-order valence-corrected chi connectivity index (χ4v) is 1.79. The molecule has 1 aromatic rings. The van der Waals surface area contributed by atoms with Gasteiger partial charge in [-0.15, -0.1) is 12.4 Å². The molecule has 6 heteroatoms. The van der Waals surface area contributed by atoms with Gasteiger partial charge in [0, 0.05) is 22.1 Å². The molecule has 0 atom stereocenters. The molecule has 3 N–H and O–H groups in total. The van der Waals surface area contributed by atoms with Crippen molar-refractivity contribution in [2.24, 2.45) is 5.73 Å². The van der Waals surface area contributed by atoms with E-state index in [-0.39, 0.29) is 24.7 Å². The lowest BCUT2D eigenvalue weighted by atomic mass is 10.1. The van der Waals surface area contributed by atoms with Crippen molar-refractivity contribution < 1.29 is 4.79 Å². The molecule has 1 aromatic carbocycles. The smallest absolute Gasteiger partial charge is 0.224 e. The summed E-state index contributed by atoms with van der Waals surface area (Å²) >= 11 is 11.8. The van der Waals surface area contributed by atoms with E-state index in [1.807, 2.05) is 13.8 Å². The summed E-state index contributed by atoms with van der Waals surface area (Å²) in [5, 5.41) is 3.90. The molecule has 0 bridgehead atoms. The first-order chi connectivity index (χ1) is 7.84. The number of hydrogen-bond acceptors (Lipinski definition) is 2. The molecule has 18 heavy (non-hydrogen) atoms. The van der Waals surface area contributed by atoms with Crippen LogP contribution in [0, 0.1) is 0 Å². The van der Waals surface area contributed by atoms with Gasteiger partial charge in [-0.2, -0.15) is 0 Å². The van der Waals surface area contributed by atoms with Crippen LogP contribution >= 0.6 is 35.6 Å². The van der Waals surface area contributed by atoms with Crippen LogP contribution in [0.15, 0.2) is 18.2 Å². The standard InChI is InChI=1S/C12H16Cl2N2O.ClH/c1-12(2,7-15)16-11(17)5-8-3-4-9(13)6-10(8)14;/h3-4,6H,5,7,15H2,1-2H3,(H,16,17);1H. The monoisotopic (exact) mass is 310 g/mol. The van der Waals surface area contributed by atoms with Gasteiger partial charge in [-0.25, -0.2) is 0 Å². The first kappa shape index (κ1) is 17.5. The van der Waals surface area contributed by atoms with Crippen molar-refractivity contribution in [1.29, 1.82) is 0 Å². The number of nitrogens with two attached hydrogens (primary N) is 1. The molecule has 0 fully saturated rings. The van der Waals surface area contributed by atoms with E-state index in [2.05, 4.69) is 5.32 Å². The molecule has 1 rings (SSSR count). The third-order valence-corrected chi connectivity index (χ3v) is 2.94. The number of nitrogens with one attached hydrogen (secondary N) is 1. The minimum Gasteiger partial charge on any atom is -0.350 e. The molecule has 0 aliphatic heterocycles. The van der Waals surface area contributed by atoms with Gasteiger partial charge in [0.1, 0.15) is 0 Å². The zero-order chi connectivity index (χ0) is 13.1. The predicted octanol–water partition coefficient (Wildman–Crippen LogP) is 2.81. The Balaban J connectivity index is 0.00000289. The number of halogens is 3. The highest BCUT2D eigenvalue weighted by atomic mass is 35.5. The van der Waals surface area contributed by atoms with Crippen LogP contribution in [-0.2, 0) is 11.2 Å². The van der Waals surface area contributed by atoms with Crippen molar-refractivity contribution in [3.05, 3.63) is 33.8 Å². The Hall–Kier alpha value is -0.480. The fourth-order valence-electron chi connectivity index (χ4n) is 1.31. The molecule has 1 amide bonds. The SMILES string of the molecule is CC(C)(CN)NC(=O)Cc1ccc(Cl)cc1Cl.Cl. The van der Waals surface area contributed by atoms with Crippen LogP contribution in [0.4, 0.5) is 0 Å². The highest BCUT2D eigenvalue weighted by molar-refractivity contribution is 6.35. The van der Waals surface area contributed by atoms with Gasteiger partial charge < -0.3 is 11.1 Å². The maximum atomic E-state index is 11.8. The van der Waals surface area contributed by atoms with Crippen LogP contribution in [0.5, 0.6) is 0 Å². The predicted molar refractivity (Wildman–Crippen MR) is 78.7 cm³/mol. The van der Waals surface area contributed by atoms with Crippen LogP contribution in [0.3, 0.4) is 0 Å². The molecule has 102 valence electrons. The molecule has 0 radical (unpaired) electrons. The second-order valence-electron chi connectivity index (χ2n) is 4.55. The molecule has 0 spiro atoms. The summed E-state index contributed by atoms with van der Waals surface area (Å²) in [5.74, 6) is -0.107. The van der Waals surface area contributed by atoms with Crippen LogP contribution in [0.25, 0.3) is 0 Å². The lowest BCUT2D eigenvalue weighted by molar-refractivity contribution is -0.121. The average molecular weight is 312 g/mol. The number of carbonyl (C=O) groups is 1. The lowest BCUT2D eigenvalue weighted by Crippen LogP contribution is -2.49. The second-order valence-corrected chi connectivity index (χ2v) is 5.39. The number of hydrogen-bond donors (Lipinski definition) is 2. The molecular formula is C12H17Cl3N2O. The van der Waals surface area contributed by atoms with Crippen LogP contribution < -0.4 is 11.1 Å². The van der Waals surface area contributed by atoms with Gasteiger partial charge in [0.2, 0.25) is 5.91 Å². The zero-order valence-corrected chi connectivity index (χ0v) is 12.6. The van der Waals surface area contributed by atoms with Crippen molar-refractivity contribution in [3.8, 4) is 0 Å². The van der Waals surface area contributed by atoms with Crippen molar-refractivity contribution in [2.45, 2.75) is 25.8 Å². The van der Waals surface area contributed by atoms with Gasteiger partial charge >= 0.3 is 0 Å². The van der Waals surface area contributed by atoms with Crippen molar-refractivity contribution >= 4 is 41.5 Å². The average Bonchev–Trinajstić information content (AvgIpc) is 2.21. The summed E-state index contributed by atoms with van der Waals surface area (Å²) in [6, 6.07) is 5.09. The Labute approximate surface area is 123 Å². The molecule has 0 unspecified atom stereocenters. The van der Waals surface area contributed by atoms with Crippen LogP contribution in [-0.4, -0.2) is 18.0 Å². The third kappa shape index (κ3) is 5.44. The largest absolute Gasteiger partial charge is 0.350 e. The lowest BCUT2D eigenvalue weighted by Gasteiger charge is -2.24. The van der Waals surface area contributed by atoms with Gasteiger partial charge in [-0.1, -0.05) is 29.3 Å². The van der Waals surface area contributed by atoms with E-state index in [0.29, 0.717) is 16.6 Å². The van der Waals surface area contributed by atoms with Crippen LogP contribution in [0.2, 0.25) is 10.0 Å². The topological polar surface area (TPSA) is 55.1 Å². The fraction of sp³-hybridized carbons (Fsp3) is 0.417. The quantitative estimate of drug-likeness (QED) is 0.898. The van der Waals surface area contributed by atoms with Gasteiger partial charge in [-0.05, 0) is 31.5 Å².